The number of hydrogen-bond acceptors (Lipinski definition) is 1. The Balaban J connectivity index is 1.69. The molecule has 1 fully saturated rings. The molecule has 1 heterocycles. The number of fused-ring (bicyclic) bond motifs is 1. The third kappa shape index (κ3) is 3.49. The van der Waals surface area contributed by atoms with Crippen molar-refractivity contribution in [3.8, 4) is 0 Å². The molecule has 2 heteroatoms. The summed E-state index contributed by atoms with van der Waals surface area (Å²) in [6.45, 7) is 4.28. The molecule has 1 aromatic heterocycles. The molecule has 0 amide bonds. The third-order valence-corrected chi connectivity index (χ3v) is 4.90. The smallest absolute Gasteiger partial charge is 0.0483 e. The van der Waals surface area contributed by atoms with Crippen molar-refractivity contribution < 1.29 is 0 Å². The lowest BCUT2D eigenvalue weighted by atomic mass is 9.96. The van der Waals surface area contributed by atoms with Crippen molar-refractivity contribution in [1.82, 2.24) is 9.88 Å². The molecule has 1 aliphatic rings. The van der Waals surface area contributed by atoms with Gasteiger partial charge in [0.15, 0.2) is 0 Å². The highest BCUT2D eigenvalue weighted by molar-refractivity contribution is 5.83. The molecule has 114 valence electrons. The van der Waals surface area contributed by atoms with Crippen molar-refractivity contribution in [3.05, 3.63) is 36.0 Å². The van der Waals surface area contributed by atoms with E-state index in [0.717, 1.165) is 13.1 Å². The van der Waals surface area contributed by atoms with Gasteiger partial charge in [-0.05, 0) is 31.4 Å². The fraction of sp³-hybridized carbons (Fsp3) is 0.579. The van der Waals surface area contributed by atoms with E-state index in [2.05, 4.69) is 47.3 Å². The number of aryl methyl sites for hydroxylation is 1. The maximum Gasteiger partial charge on any atom is 0.0483 e. The monoisotopic (exact) mass is 284 g/mol. The van der Waals surface area contributed by atoms with Gasteiger partial charge in [0.2, 0.25) is 0 Å². The quantitative estimate of drug-likeness (QED) is 0.848. The van der Waals surface area contributed by atoms with Crippen LogP contribution in [0.2, 0.25) is 0 Å². The van der Waals surface area contributed by atoms with Crippen LogP contribution in [0.4, 0.5) is 0 Å². The van der Waals surface area contributed by atoms with Crippen molar-refractivity contribution >= 4 is 10.9 Å². The number of nitrogens with zero attached hydrogens (tertiary/aromatic N) is 1. The van der Waals surface area contributed by atoms with Crippen molar-refractivity contribution in [2.24, 2.45) is 0 Å². The molecule has 0 radical (unpaired) electrons. The minimum atomic E-state index is 0.717. The number of rotatable bonds is 4. The zero-order chi connectivity index (χ0) is 14.5. The Bertz CT molecular complexity index is 562. The summed E-state index contributed by atoms with van der Waals surface area (Å²) in [4.78, 5) is 0. The van der Waals surface area contributed by atoms with Gasteiger partial charge in [0.1, 0.15) is 0 Å². The second-order valence-electron chi connectivity index (χ2n) is 6.38. The molecule has 3 rings (SSSR count). The molecular weight excluding hydrogens is 256 g/mol. The third-order valence-electron chi connectivity index (χ3n) is 4.90. The highest BCUT2D eigenvalue weighted by atomic mass is 15.0. The van der Waals surface area contributed by atoms with Crippen LogP contribution >= 0.6 is 0 Å². The number of benzene rings is 1. The lowest BCUT2D eigenvalue weighted by Gasteiger charge is -2.21. The molecule has 0 atom stereocenters. The van der Waals surface area contributed by atoms with E-state index in [9.17, 15) is 0 Å². The van der Waals surface area contributed by atoms with Gasteiger partial charge >= 0.3 is 0 Å². The predicted molar refractivity (Wildman–Crippen MR) is 90.6 cm³/mol. The molecule has 0 spiro atoms. The largest absolute Gasteiger partial charge is 0.347 e. The van der Waals surface area contributed by atoms with Gasteiger partial charge in [-0.3, -0.25) is 0 Å². The van der Waals surface area contributed by atoms with Crippen molar-refractivity contribution in [2.45, 2.75) is 71.0 Å². The SMILES string of the molecule is CCn1cc(CNC2CCCCCCC2)c2ccccc21. The van der Waals surface area contributed by atoms with E-state index in [1.54, 1.807) is 0 Å². The summed E-state index contributed by atoms with van der Waals surface area (Å²) in [7, 11) is 0. The first-order valence-corrected chi connectivity index (χ1v) is 8.68. The lowest BCUT2D eigenvalue weighted by molar-refractivity contribution is 0.389. The second-order valence-corrected chi connectivity index (χ2v) is 6.38. The highest BCUT2D eigenvalue weighted by Gasteiger charge is 2.12. The number of aromatic nitrogens is 1. The van der Waals surface area contributed by atoms with Crippen LogP contribution in [0.3, 0.4) is 0 Å². The lowest BCUT2D eigenvalue weighted by Crippen LogP contribution is -2.29. The summed E-state index contributed by atoms with van der Waals surface area (Å²) in [5.41, 5.74) is 2.82. The van der Waals surface area contributed by atoms with E-state index in [1.165, 1.54) is 61.4 Å². The van der Waals surface area contributed by atoms with Gasteiger partial charge in [-0.25, -0.2) is 0 Å². The Labute approximate surface area is 128 Å². The Morgan fingerprint density at radius 1 is 1.05 bits per heavy atom. The second kappa shape index (κ2) is 7.13. The molecule has 1 N–H and O–H groups in total. The molecule has 1 aliphatic carbocycles. The molecule has 1 saturated carbocycles. The van der Waals surface area contributed by atoms with Gasteiger partial charge in [-0.15, -0.1) is 0 Å². The first kappa shape index (κ1) is 14.6. The first-order chi connectivity index (χ1) is 10.4. The van der Waals surface area contributed by atoms with E-state index in [-0.39, 0.29) is 0 Å². The number of para-hydroxylation sites is 1. The molecule has 0 aliphatic heterocycles. The summed E-state index contributed by atoms with van der Waals surface area (Å²) in [5.74, 6) is 0. The standard InChI is InChI=1S/C19H28N2/c1-2-21-15-16(18-12-8-9-13-19(18)21)14-20-17-10-6-4-3-5-7-11-17/h8-9,12-13,15,17,20H,2-7,10-11,14H2,1H3. The molecule has 0 saturated heterocycles. The summed E-state index contributed by atoms with van der Waals surface area (Å²) < 4.78 is 2.37. The number of nitrogens with one attached hydrogen (secondary N) is 1. The van der Waals surface area contributed by atoms with Crippen LogP contribution in [-0.2, 0) is 13.1 Å². The molecule has 2 nitrogen and oxygen atoms in total. The van der Waals surface area contributed by atoms with Crippen LogP contribution in [-0.4, -0.2) is 10.6 Å². The minimum Gasteiger partial charge on any atom is -0.347 e. The van der Waals surface area contributed by atoms with Crippen molar-refractivity contribution in [2.75, 3.05) is 0 Å². The fourth-order valence-electron chi connectivity index (χ4n) is 3.64. The van der Waals surface area contributed by atoms with E-state index in [0.29, 0.717) is 6.04 Å². The molecular formula is C19H28N2. The van der Waals surface area contributed by atoms with Gasteiger partial charge < -0.3 is 9.88 Å². The Morgan fingerprint density at radius 2 is 1.76 bits per heavy atom. The average Bonchev–Trinajstić information content (AvgIpc) is 2.84. The summed E-state index contributed by atoms with van der Waals surface area (Å²) >= 11 is 0. The van der Waals surface area contributed by atoms with Crippen molar-refractivity contribution in [3.63, 3.8) is 0 Å². The molecule has 0 unspecified atom stereocenters. The van der Waals surface area contributed by atoms with Gasteiger partial charge in [0, 0.05) is 36.2 Å². The zero-order valence-electron chi connectivity index (χ0n) is 13.3. The Morgan fingerprint density at radius 3 is 2.52 bits per heavy atom. The van der Waals surface area contributed by atoms with Crippen molar-refractivity contribution in [1.29, 1.82) is 0 Å². The summed E-state index contributed by atoms with van der Waals surface area (Å²) in [6.07, 6.45) is 12.1. The normalized spacial score (nSPS) is 17.8. The van der Waals surface area contributed by atoms with Gasteiger partial charge in [0.25, 0.3) is 0 Å². The van der Waals surface area contributed by atoms with Gasteiger partial charge in [-0.1, -0.05) is 50.3 Å². The molecule has 2 aromatic rings. The van der Waals surface area contributed by atoms with Crippen LogP contribution < -0.4 is 5.32 Å². The fourth-order valence-corrected chi connectivity index (χ4v) is 3.64. The Hall–Kier alpha value is -1.28. The van der Waals surface area contributed by atoms with Crippen LogP contribution in [0, 0.1) is 0 Å². The van der Waals surface area contributed by atoms with Crippen LogP contribution in [0.15, 0.2) is 30.5 Å². The maximum atomic E-state index is 3.82. The van der Waals surface area contributed by atoms with Crippen LogP contribution in [0.1, 0.15) is 57.4 Å². The maximum absolute atomic E-state index is 3.82. The Kier molecular flexibility index (Phi) is 4.97. The number of hydrogen-bond donors (Lipinski definition) is 1. The molecule has 0 bridgehead atoms. The van der Waals surface area contributed by atoms with Crippen LogP contribution in [0.25, 0.3) is 10.9 Å². The minimum absolute atomic E-state index is 0.717. The predicted octanol–water partition coefficient (Wildman–Crippen LogP) is 4.86. The summed E-state index contributed by atoms with van der Waals surface area (Å²) in [5, 5.41) is 5.24. The van der Waals surface area contributed by atoms with E-state index in [1.807, 2.05) is 0 Å². The van der Waals surface area contributed by atoms with E-state index < -0.39 is 0 Å². The zero-order valence-corrected chi connectivity index (χ0v) is 13.3. The average molecular weight is 284 g/mol. The first-order valence-electron chi connectivity index (χ1n) is 8.68. The van der Waals surface area contributed by atoms with E-state index >= 15 is 0 Å². The van der Waals surface area contributed by atoms with Gasteiger partial charge in [0.05, 0.1) is 0 Å². The molecule has 1 aromatic carbocycles. The van der Waals surface area contributed by atoms with Gasteiger partial charge in [-0.2, -0.15) is 0 Å². The summed E-state index contributed by atoms with van der Waals surface area (Å²) in [6, 6.07) is 9.51. The molecule has 21 heavy (non-hydrogen) atoms. The highest BCUT2D eigenvalue weighted by Crippen LogP contribution is 2.22. The van der Waals surface area contributed by atoms with Crippen LogP contribution in [0.5, 0.6) is 0 Å². The van der Waals surface area contributed by atoms with E-state index in [4.69, 9.17) is 0 Å². The topological polar surface area (TPSA) is 17.0 Å².